The number of benzene rings is 1. The average molecular weight is 247 g/mol. The summed E-state index contributed by atoms with van der Waals surface area (Å²) in [5.41, 5.74) is 0.496. The van der Waals surface area contributed by atoms with Gasteiger partial charge < -0.3 is 9.47 Å². The van der Waals surface area contributed by atoms with E-state index in [9.17, 15) is 4.79 Å². The molecule has 4 heteroatoms. The zero-order chi connectivity index (χ0) is 13.2. The molecule has 1 aromatic rings. The first-order valence-corrected chi connectivity index (χ1v) is 6.03. The highest BCUT2D eigenvalue weighted by Gasteiger charge is 2.05. The van der Waals surface area contributed by atoms with Crippen molar-refractivity contribution in [3.8, 4) is 17.6 Å². The molecule has 0 aromatic heterocycles. The standard InChI is InChI=1S/C14H17NO3/c1-2-8-17-13-6-5-12(11-16)14(10-13)18-9-4-3-7-15/h5-6,10-11H,2-4,8-9H2,1H3. The van der Waals surface area contributed by atoms with Gasteiger partial charge in [-0.1, -0.05) is 6.92 Å². The van der Waals surface area contributed by atoms with Gasteiger partial charge in [-0.15, -0.1) is 0 Å². The summed E-state index contributed by atoms with van der Waals surface area (Å²) in [5, 5.41) is 8.42. The molecule has 0 amide bonds. The van der Waals surface area contributed by atoms with Crippen LogP contribution in [0.25, 0.3) is 0 Å². The Morgan fingerprint density at radius 1 is 1.33 bits per heavy atom. The monoisotopic (exact) mass is 247 g/mol. The second-order valence-electron chi connectivity index (χ2n) is 3.78. The fourth-order valence-corrected chi connectivity index (χ4v) is 1.38. The Hall–Kier alpha value is -2.02. The minimum Gasteiger partial charge on any atom is -0.493 e. The van der Waals surface area contributed by atoms with Crippen molar-refractivity contribution in [2.24, 2.45) is 0 Å². The molecule has 0 aliphatic carbocycles. The Kier molecular flexibility index (Phi) is 6.34. The van der Waals surface area contributed by atoms with Crippen LogP contribution in [0.4, 0.5) is 0 Å². The van der Waals surface area contributed by atoms with Crippen molar-refractivity contribution in [2.75, 3.05) is 13.2 Å². The Morgan fingerprint density at radius 2 is 2.17 bits per heavy atom. The largest absolute Gasteiger partial charge is 0.493 e. The van der Waals surface area contributed by atoms with Crippen molar-refractivity contribution in [1.82, 2.24) is 0 Å². The van der Waals surface area contributed by atoms with E-state index in [4.69, 9.17) is 14.7 Å². The number of hydrogen-bond donors (Lipinski definition) is 0. The van der Waals surface area contributed by atoms with Gasteiger partial charge in [0.2, 0.25) is 0 Å². The number of aldehydes is 1. The molecule has 18 heavy (non-hydrogen) atoms. The number of nitrogens with zero attached hydrogens (tertiary/aromatic N) is 1. The van der Waals surface area contributed by atoms with Gasteiger partial charge in [0.1, 0.15) is 11.5 Å². The number of rotatable bonds is 8. The molecule has 0 fully saturated rings. The zero-order valence-electron chi connectivity index (χ0n) is 10.5. The average Bonchev–Trinajstić information content (AvgIpc) is 2.41. The maximum Gasteiger partial charge on any atom is 0.153 e. The molecule has 0 bridgehead atoms. The third-order valence-electron chi connectivity index (χ3n) is 2.28. The molecule has 0 aliphatic rings. The summed E-state index contributed by atoms with van der Waals surface area (Å²) < 4.78 is 11.0. The molecule has 0 aliphatic heterocycles. The maximum absolute atomic E-state index is 10.9. The molecule has 0 N–H and O–H groups in total. The minimum atomic E-state index is 0.422. The predicted molar refractivity (Wildman–Crippen MR) is 68.0 cm³/mol. The fraction of sp³-hybridized carbons (Fsp3) is 0.429. The van der Waals surface area contributed by atoms with E-state index in [2.05, 4.69) is 0 Å². The number of nitriles is 1. The van der Waals surface area contributed by atoms with Crippen LogP contribution in [0.5, 0.6) is 11.5 Å². The van der Waals surface area contributed by atoms with Crippen LogP contribution >= 0.6 is 0 Å². The van der Waals surface area contributed by atoms with Gasteiger partial charge in [-0.3, -0.25) is 4.79 Å². The second kappa shape index (κ2) is 8.13. The molecule has 0 spiro atoms. The lowest BCUT2D eigenvalue weighted by Gasteiger charge is -2.10. The fourth-order valence-electron chi connectivity index (χ4n) is 1.38. The van der Waals surface area contributed by atoms with Crippen LogP contribution in [0.1, 0.15) is 36.5 Å². The summed E-state index contributed by atoms with van der Waals surface area (Å²) in [6.07, 6.45) is 2.77. The number of carbonyl (C=O) groups is 1. The van der Waals surface area contributed by atoms with Crippen molar-refractivity contribution in [2.45, 2.75) is 26.2 Å². The summed E-state index contributed by atoms with van der Waals surface area (Å²) >= 11 is 0. The van der Waals surface area contributed by atoms with Crippen molar-refractivity contribution in [3.05, 3.63) is 23.8 Å². The van der Waals surface area contributed by atoms with Crippen molar-refractivity contribution >= 4 is 6.29 Å². The topological polar surface area (TPSA) is 59.3 Å². The molecule has 0 atom stereocenters. The molecule has 4 nitrogen and oxygen atoms in total. The number of hydrogen-bond acceptors (Lipinski definition) is 4. The van der Waals surface area contributed by atoms with Gasteiger partial charge in [-0.25, -0.2) is 0 Å². The highest BCUT2D eigenvalue weighted by Crippen LogP contribution is 2.24. The van der Waals surface area contributed by atoms with Crippen LogP contribution in [-0.2, 0) is 0 Å². The lowest BCUT2D eigenvalue weighted by Crippen LogP contribution is -2.01. The van der Waals surface area contributed by atoms with Gasteiger partial charge in [0.05, 0.1) is 24.8 Å². The lowest BCUT2D eigenvalue weighted by atomic mass is 10.2. The summed E-state index contributed by atoms with van der Waals surface area (Å²) in [4.78, 5) is 10.9. The van der Waals surface area contributed by atoms with E-state index >= 15 is 0 Å². The highest BCUT2D eigenvalue weighted by molar-refractivity contribution is 5.79. The molecule has 0 heterocycles. The minimum absolute atomic E-state index is 0.422. The molecule has 0 saturated carbocycles. The Morgan fingerprint density at radius 3 is 2.83 bits per heavy atom. The summed E-state index contributed by atoms with van der Waals surface area (Å²) in [5.74, 6) is 1.20. The van der Waals surface area contributed by atoms with E-state index < -0.39 is 0 Å². The third kappa shape index (κ3) is 4.46. The first-order chi connectivity index (χ1) is 8.81. The molecule has 0 saturated heterocycles. The third-order valence-corrected chi connectivity index (χ3v) is 2.28. The van der Waals surface area contributed by atoms with Crippen LogP contribution in [0.2, 0.25) is 0 Å². The summed E-state index contributed by atoms with van der Waals surface area (Å²) in [6, 6.07) is 7.19. The van der Waals surface area contributed by atoms with Crippen molar-refractivity contribution in [3.63, 3.8) is 0 Å². The van der Waals surface area contributed by atoms with Crippen LogP contribution < -0.4 is 9.47 Å². The number of unbranched alkanes of at least 4 members (excludes halogenated alkanes) is 1. The Bertz CT molecular complexity index is 424. The molecular formula is C14H17NO3. The maximum atomic E-state index is 10.9. The van der Waals surface area contributed by atoms with Gasteiger partial charge in [0, 0.05) is 12.5 Å². The first kappa shape index (κ1) is 14.0. The SMILES string of the molecule is CCCOc1ccc(C=O)c(OCCCC#N)c1. The predicted octanol–water partition coefficient (Wildman–Crippen LogP) is 2.97. The van der Waals surface area contributed by atoms with Gasteiger partial charge in [-0.2, -0.15) is 5.26 Å². The van der Waals surface area contributed by atoms with E-state index in [1.165, 1.54) is 0 Å². The second-order valence-corrected chi connectivity index (χ2v) is 3.78. The van der Waals surface area contributed by atoms with E-state index in [0.29, 0.717) is 43.1 Å². The van der Waals surface area contributed by atoms with E-state index in [1.54, 1.807) is 18.2 Å². The summed E-state index contributed by atoms with van der Waals surface area (Å²) in [7, 11) is 0. The van der Waals surface area contributed by atoms with E-state index in [-0.39, 0.29) is 0 Å². The zero-order valence-corrected chi connectivity index (χ0v) is 10.5. The first-order valence-electron chi connectivity index (χ1n) is 6.03. The summed E-state index contributed by atoms with van der Waals surface area (Å²) in [6.45, 7) is 3.08. The van der Waals surface area contributed by atoms with E-state index in [0.717, 1.165) is 12.7 Å². The van der Waals surface area contributed by atoms with Crippen LogP contribution in [0, 0.1) is 11.3 Å². The van der Waals surface area contributed by atoms with Gasteiger partial charge in [0.15, 0.2) is 6.29 Å². The van der Waals surface area contributed by atoms with Crippen LogP contribution in [0.15, 0.2) is 18.2 Å². The van der Waals surface area contributed by atoms with Gasteiger partial charge >= 0.3 is 0 Å². The van der Waals surface area contributed by atoms with Gasteiger partial charge in [0.25, 0.3) is 0 Å². The normalized spacial score (nSPS) is 9.56. The molecule has 96 valence electrons. The molecule has 0 unspecified atom stereocenters. The molecule has 0 radical (unpaired) electrons. The Labute approximate surface area is 107 Å². The van der Waals surface area contributed by atoms with Crippen molar-refractivity contribution in [1.29, 1.82) is 5.26 Å². The highest BCUT2D eigenvalue weighted by atomic mass is 16.5. The number of ether oxygens (including phenoxy) is 2. The van der Waals surface area contributed by atoms with Gasteiger partial charge in [-0.05, 0) is 25.0 Å². The lowest BCUT2D eigenvalue weighted by molar-refractivity contribution is 0.111. The van der Waals surface area contributed by atoms with Crippen molar-refractivity contribution < 1.29 is 14.3 Å². The smallest absolute Gasteiger partial charge is 0.153 e. The Balaban J connectivity index is 2.66. The quantitative estimate of drug-likeness (QED) is 0.523. The van der Waals surface area contributed by atoms with Crippen LogP contribution in [-0.4, -0.2) is 19.5 Å². The molecule has 1 aromatic carbocycles. The van der Waals surface area contributed by atoms with E-state index in [1.807, 2.05) is 13.0 Å². The molecule has 1 rings (SSSR count). The van der Waals surface area contributed by atoms with Crippen LogP contribution in [0.3, 0.4) is 0 Å². The molecular weight excluding hydrogens is 230 g/mol. The number of carbonyl (C=O) groups excluding carboxylic acids is 1.